The largest absolute Gasteiger partial charge is 0.480 e. The lowest BCUT2D eigenvalue weighted by Gasteiger charge is -2.13. The molecule has 0 saturated heterocycles. The fraction of sp³-hybridized carbons (Fsp3) is 0.263. The Kier molecular flexibility index (Phi) is 4.25. The Balaban J connectivity index is 1.72. The number of hydrogen-bond donors (Lipinski definition) is 1. The number of fused-ring (bicyclic) bond motifs is 1. The van der Waals surface area contributed by atoms with Gasteiger partial charge in [-0.2, -0.15) is 0 Å². The van der Waals surface area contributed by atoms with Crippen molar-refractivity contribution in [2.75, 3.05) is 11.9 Å². The summed E-state index contributed by atoms with van der Waals surface area (Å²) < 4.78 is 7.56. The van der Waals surface area contributed by atoms with Crippen LogP contribution in [0.3, 0.4) is 0 Å². The first-order chi connectivity index (χ1) is 11.4. The van der Waals surface area contributed by atoms with E-state index in [2.05, 4.69) is 22.4 Å². The lowest BCUT2D eigenvalue weighted by molar-refractivity contribution is -0.118. The molecule has 3 aromatic rings. The van der Waals surface area contributed by atoms with Gasteiger partial charge in [-0.3, -0.25) is 4.79 Å². The SMILES string of the molecule is Cc1cc(C)c(NC(=O)COc2cccn3cc(C)nc23)c(C)c1. The first kappa shape index (κ1) is 16.1. The quantitative estimate of drug-likeness (QED) is 0.798. The molecule has 0 aliphatic carbocycles. The van der Waals surface area contributed by atoms with Crippen molar-refractivity contribution < 1.29 is 9.53 Å². The zero-order valence-corrected chi connectivity index (χ0v) is 14.4. The maximum absolute atomic E-state index is 12.3. The van der Waals surface area contributed by atoms with Crippen molar-refractivity contribution in [3.05, 3.63) is 59.0 Å². The van der Waals surface area contributed by atoms with Crippen molar-refractivity contribution in [1.29, 1.82) is 0 Å². The molecule has 24 heavy (non-hydrogen) atoms. The van der Waals surface area contributed by atoms with Gasteiger partial charge in [-0.15, -0.1) is 0 Å². The van der Waals surface area contributed by atoms with Crippen LogP contribution in [0.25, 0.3) is 5.65 Å². The number of nitrogens with one attached hydrogen (secondary N) is 1. The summed E-state index contributed by atoms with van der Waals surface area (Å²) in [6.07, 6.45) is 3.82. The number of aryl methyl sites for hydroxylation is 4. The zero-order chi connectivity index (χ0) is 17.3. The van der Waals surface area contributed by atoms with E-state index in [4.69, 9.17) is 4.74 Å². The molecule has 5 heteroatoms. The van der Waals surface area contributed by atoms with Gasteiger partial charge in [0.05, 0.1) is 5.69 Å². The first-order valence-corrected chi connectivity index (χ1v) is 7.89. The molecule has 0 aliphatic rings. The van der Waals surface area contributed by atoms with Gasteiger partial charge in [0.2, 0.25) is 0 Å². The lowest BCUT2D eigenvalue weighted by Crippen LogP contribution is -2.21. The summed E-state index contributed by atoms with van der Waals surface area (Å²) in [6.45, 7) is 7.89. The van der Waals surface area contributed by atoms with E-state index in [1.807, 2.05) is 56.6 Å². The van der Waals surface area contributed by atoms with Crippen molar-refractivity contribution in [3.63, 3.8) is 0 Å². The van der Waals surface area contributed by atoms with Crippen LogP contribution < -0.4 is 10.1 Å². The van der Waals surface area contributed by atoms with Gasteiger partial charge < -0.3 is 14.5 Å². The highest BCUT2D eigenvalue weighted by Crippen LogP contribution is 2.22. The average Bonchev–Trinajstić information content (AvgIpc) is 2.89. The number of rotatable bonds is 4. The van der Waals surface area contributed by atoms with Crippen LogP contribution in [-0.2, 0) is 4.79 Å². The maximum atomic E-state index is 12.3. The van der Waals surface area contributed by atoms with E-state index in [9.17, 15) is 4.79 Å². The van der Waals surface area contributed by atoms with Crippen molar-refractivity contribution in [2.24, 2.45) is 0 Å². The van der Waals surface area contributed by atoms with Gasteiger partial charge >= 0.3 is 0 Å². The van der Waals surface area contributed by atoms with Gasteiger partial charge in [0.25, 0.3) is 5.91 Å². The first-order valence-electron chi connectivity index (χ1n) is 7.89. The molecule has 0 atom stereocenters. The predicted molar refractivity (Wildman–Crippen MR) is 94.7 cm³/mol. The maximum Gasteiger partial charge on any atom is 0.262 e. The Morgan fingerprint density at radius 2 is 1.92 bits per heavy atom. The van der Waals surface area contributed by atoms with E-state index in [0.29, 0.717) is 11.4 Å². The molecular weight excluding hydrogens is 302 g/mol. The second-order valence-electron chi connectivity index (χ2n) is 6.10. The number of carbonyl (C=O) groups is 1. The van der Waals surface area contributed by atoms with Crippen molar-refractivity contribution in [2.45, 2.75) is 27.7 Å². The molecule has 0 spiro atoms. The monoisotopic (exact) mass is 323 g/mol. The number of ether oxygens (including phenoxy) is 1. The van der Waals surface area contributed by atoms with E-state index in [0.717, 1.165) is 22.5 Å². The van der Waals surface area contributed by atoms with Gasteiger partial charge in [-0.25, -0.2) is 4.98 Å². The second-order valence-corrected chi connectivity index (χ2v) is 6.10. The molecule has 2 aromatic heterocycles. The number of carbonyl (C=O) groups excluding carboxylic acids is 1. The van der Waals surface area contributed by atoms with Gasteiger partial charge in [0.15, 0.2) is 18.0 Å². The Labute approximate surface area is 141 Å². The van der Waals surface area contributed by atoms with Crippen LogP contribution >= 0.6 is 0 Å². The molecule has 2 heterocycles. The number of amides is 1. The zero-order valence-electron chi connectivity index (χ0n) is 14.4. The minimum absolute atomic E-state index is 0.0572. The molecule has 0 unspecified atom stereocenters. The number of anilines is 1. The number of pyridine rings is 1. The summed E-state index contributed by atoms with van der Waals surface area (Å²) >= 11 is 0. The highest BCUT2D eigenvalue weighted by molar-refractivity contribution is 5.93. The summed E-state index contributed by atoms with van der Waals surface area (Å²) in [5, 5.41) is 2.94. The minimum atomic E-state index is -0.185. The topological polar surface area (TPSA) is 55.6 Å². The van der Waals surface area contributed by atoms with E-state index in [1.54, 1.807) is 0 Å². The Morgan fingerprint density at radius 1 is 1.21 bits per heavy atom. The summed E-state index contributed by atoms with van der Waals surface area (Å²) in [6, 6.07) is 7.79. The molecule has 5 nitrogen and oxygen atoms in total. The fourth-order valence-corrected chi connectivity index (χ4v) is 2.92. The number of hydrogen-bond acceptors (Lipinski definition) is 3. The molecule has 0 fully saturated rings. The molecule has 1 amide bonds. The molecular formula is C19H21N3O2. The van der Waals surface area contributed by atoms with Crippen LogP contribution in [0.1, 0.15) is 22.4 Å². The van der Waals surface area contributed by atoms with E-state index < -0.39 is 0 Å². The fourth-order valence-electron chi connectivity index (χ4n) is 2.92. The van der Waals surface area contributed by atoms with Gasteiger partial charge in [0, 0.05) is 18.1 Å². The van der Waals surface area contributed by atoms with Crippen LogP contribution in [0.2, 0.25) is 0 Å². The highest BCUT2D eigenvalue weighted by atomic mass is 16.5. The van der Waals surface area contributed by atoms with Gasteiger partial charge in [0.1, 0.15) is 0 Å². The van der Waals surface area contributed by atoms with Gasteiger partial charge in [-0.1, -0.05) is 17.7 Å². The van der Waals surface area contributed by atoms with Crippen LogP contribution in [0.5, 0.6) is 5.75 Å². The van der Waals surface area contributed by atoms with E-state index in [-0.39, 0.29) is 12.5 Å². The third-order valence-corrected chi connectivity index (χ3v) is 3.87. The molecule has 0 aliphatic heterocycles. The third kappa shape index (κ3) is 3.25. The summed E-state index contributed by atoms with van der Waals surface area (Å²) in [4.78, 5) is 16.7. The predicted octanol–water partition coefficient (Wildman–Crippen LogP) is 3.59. The summed E-state index contributed by atoms with van der Waals surface area (Å²) in [5.74, 6) is 0.411. The normalized spacial score (nSPS) is 10.8. The van der Waals surface area contributed by atoms with Crippen LogP contribution in [-0.4, -0.2) is 21.9 Å². The molecule has 1 N–H and O–H groups in total. The Morgan fingerprint density at radius 3 is 2.62 bits per heavy atom. The Bertz CT molecular complexity index is 889. The standard InChI is InChI=1S/C19H21N3O2/c1-12-8-13(2)18(14(3)9-12)21-17(23)11-24-16-6-5-7-22-10-15(4)20-19(16)22/h5-10H,11H2,1-4H3,(H,21,23). The van der Waals surface area contributed by atoms with Crippen molar-refractivity contribution >= 4 is 17.2 Å². The summed E-state index contributed by atoms with van der Waals surface area (Å²) in [7, 11) is 0. The minimum Gasteiger partial charge on any atom is -0.480 e. The summed E-state index contributed by atoms with van der Waals surface area (Å²) in [5.41, 5.74) is 5.75. The second kappa shape index (κ2) is 6.35. The average molecular weight is 323 g/mol. The molecule has 1 aromatic carbocycles. The number of aromatic nitrogens is 2. The smallest absolute Gasteiger partial charge is 0.262 e. The molecule has 0 radical (unpaired) electrons. The molecule has 0 saturated carbocycles. The molecule has 0 bridgehead atoms. The highest BCUT2D eigenvalue weighted by Gasteiger charge is 2.11. The molecule has 3 rings (SSSR count). The number of benzene rings is 1. The number of nitrogens with zero attached hydrogens (tertiary/aromatic N) is 2. The van der Waals surface area contributed by atoms with E-state index >= 15 is 0 Å². The van der Waals surface area contributed by atoms with Crippen LogP contribution in [0, 0.1) is 27.7 Å². The molecule has 124 valence electrons. The van der Waals surface area contributed by atoms with Crippen LogP contribution in [0.4, 0.5) is 5.69 Å². The van der Waals surface area contributed by atoms with Crippen molar-refractivity contribution in [3.8, 4) is 5.75 Å². The van der Waals surface area contributed by atoms with Gasteiger partial charge in [-0.05, 0) is 51.0 Å². The van der Waals surface area contributed by atoms with E-state index in [1.165, 1.54) is 5.56 Å². The number of imidazole rings is 1. The van der Waals surface area contributed by atoms with Crippen LogP contribution in [0.15, 0.2) is 36.7 Å². The lowest BCUT2D eigenvalue weighted by atomic mass is 10.1. The Hall–Kier alpha value is -2.82. The third-order valence-electron chi connectivity index (χ3n) is 3.87. The van der Waals surface area contributed by atoms with Crippen molar-refractivity contribution in [1.82, 2.24) is 9.38 Å².